The molecule has 10 nitrogen and oxygen atoms in total. The summed E-state index contributed by atoms with van der Waals surface area (Å²) in [4.78, 5) is 4.13. The van der Waals surface area contributed by atoms with Crippen LogP contribution in [0.3, 0.4) is 0 Å². The highest BCUT2D eigenvalue weighted by Gasteiger charge is 2.17. The number of hydroxylamine groups is 1. The fourth-order valence-corrected chi connectivity index (χ4v) is 3.16. The van der Waals surface area contributed by atoms with Crippen molar-refractivity contribution in [3.05, 3.63) is 34.2 Å². The molecule has 1 heterocycles. The van der Waals surface area contributed by atoms with E-state index in [0.717, 1.165) is 4.31 Å². The Morgan fingerprint density at radius 2 is 2.15 bits per heavy atom. The molecule has 0 aliphatic rings. The number of amidine groups is 1. The van der Waals surface area contributed by atoms with E-state index in [0.29, 0.717) is 12.1 Å². The molecule has 0 amide bonds. The Morgan fingerprint density at radius 1 is 1.41 bits per heavy atom. The van der Waals surface area contributed by atoms with Crippen LogP contribution < -0.4 is 10.8 Å². The molecule has 0 aliphatic heterocycles. The first-order valence-corrected chi connectivity index (χ1v) is 10.1. The molecule has 148 valence electrons. The van der Waals surface area contributed by atoms with Crippen molar-refractivity contribution >= 4 is 43.3 Å². The maximum atomic E-state index is 13.3. The van der Waals surface area contributed by atoms with E-state index in [1.807, 2.05) is 5.48 Å². The van der Waals surface area contributed by atoms with E-state index in [2.05, 4.69) is 41.2 Å². The Bertz CT molecular complexity index is 918. The van der Waals surface area contributed by atoms with Crippen LogP contribution in [0.1, 0.15) is 12.1 Å². The second kappa shape index (κ2) is 9.21. The summed E-state index contributed by atoms with van der Waals surface area (Å²) in [7, 11) is -0.368. The van der Waals surface area contributed by atoms with Crippen LogP contribution in [0.15, 0.2) is 32.3 Å². The summed E-state index contributed by atoms with van der Waals surface area (Å²) < 4.78 is 42.8. The fraction of sp³-hybridized carbons (Fsp3) is 0.357. The Kier molecular flexibility index (Phi) is 7.24. The predicted molar refractivity (Wildman–Crippen MR) is 100 cm³/mol. The molecule has 1 aromatic carbocycles. The first-order valence-electron chi connectivity index (χ1n) is 7.65. The summed E-state index contributed by atoms with van der Waals surface area (Å²) in [6.45, 7) is 0.273. The Morgan fingerprint density at radius 3 is 2.78 bits per heavy atom. The average Bonchev–Trinajstić information content (AvgIpc) is 3.08. The van der Waals surface area contributed by atoms with E-state index in [1.54, 1.807) is 0 Å². The van der Waals surface area contributed by atoms with Crippen LogP contribution in [0.5, 0.6) is 0 Å². The highest BCUT2D eigenvalue weighted by atomic mass is 79.9. The van der Waals surface area contributed by atoms with Crippen LogP contribution in [0.2, 0.25) is 0 Å². The normalized spacial score (nSPS) is 12.4. The molecule has 0 radical (unpaired) electrons. The van der Waals surface area contributed by atoms with Crippen molar-refractivity contribution in [3.8, 4) is 0 Å². The minimum atomic E-state index is -3.30. The van der Waals surface area contributed by atoms with E-state index in [1.165, 1.54) is 32.3 Å². The van der Waals surface area contributed by atoms with Gasteiger partial charge in [0, 0.05) is 20.6 Å². The lowest BCUT2D eigenvalue weighted by Crippen LogP contribution is -2.26. The molecule has 27 heavy (non-hydrogen) atoms. The van der Waals surface area contributed by atoms with Gasteiger partial charge in [0.2, 0.25) is 15.8 Å². The van der Waals surface area contributed by atoms with Gasteiger partial charge < -0.3 is 5.32 Å². The van der Waals surface area contributed by atoms with E-state index in [-0.39, 0.29) is 34.1 Å². The number of aromatic nitrogens is 2. The molecule has 1 aromatic heterocycles. The van der Waals surface area contributed by atoms with Gasteiger partial charge in [-0.15, -0.1) is 0 Å². The number of hydrogen-bond donors (Lipinski definition) is 3. The summed E-state index contributed by atoms with van der Waals surface area (Å²) in [6.07, 6.45) is 0.316. The maximum absolute atomic E-state index is 13.3. The number of benzene rings is 1. The van der Waals surface area contributed by atoms with Crippen LogP contribution in [0, 0.1) is 5.82 Å². The fourth-order valence-electron chi connectivity index (χ4n) is 1.92. The maximum Gasteiger partial charge on any atom is 0.213 e. The van der Waals surface area contributed by atoms with Crippen LogP contribution in [-0.4, -0.2) is 60.5 Å². The zero-order valence-electron chi connectivity index (χ0n) is 14.5. The lowest BCUT2D eigenvalue weighted by atomic mass is 10.3. The van der Waals surface area contributed by atoms with Crippen LogP contribution in [0.25, 0.3) is 0 Å². The van der Waals surface area contributed by atoms with Gasteiger partial charge in [-0.05, 0) is 50.9 Å². The van der Waals surface area contributed by atoms with Crippen LogP contribution >= 0.6 is 15.9 Å². The third kappa shape index (κ3) is 5.69. The molecule has 0 saturated carbocycles. The zero-order valence-corrected chi connectivity index (χ0v) is 16.9. The highest BCUT2D eigenvalue weighted by Crippen LogP contribution is 2.23. The van der Waals surface area contributed by atoms with Gasteiger partial charge in [0.25, 0.3) is 0 Å². The Hall–Kier alpha value is -2.09. The van der Waals surface area contributed by atoms with Crippen molar-refractivity contribution in [1.29, 1.82) is 0 Å². The highest BCUT2D eigenvalue weighted by molar-refractivity contribution is 9.10. The van der Waals surface area contributed by atoms with Gasteiger partial charge in [-0.3, -0.25) is 10.7 Å². The first-order chi connectivity index (χ1) is 12.7. The zero-order chi connectivity index (χ0) is 20.0. The summed E-state index contributed by atoms with van der Waals surface area (Å²) in [6, 6.07) is 4.03. The van der Waals surface area contributed by atoms with Gasteiger partial charge in [0.15, 0.2) is 11.5 Å². The lowest BCUT2D eigenvalue weighted by molar-refractivity contribution is 0.234. The van der Waals surface area contributed by atoms with Crippen molar-refractivity contribution in [2.45, 2.75) is 6.42 Å². The molecule has 0 fully saturated rings. The molecule has 0 atom stereocenters. The Labute approximate surface area is 163 Å². The number of sulfonamides is 1. The second-order valence-electron chi connectivity index (χ2n) is 5.51. The van der Waals surface area contributed by atoms with Crippen molar-refractivity contribution in [2.24, 2.45) is 4.99 Å². The number of aliphatic imine (C=N–C) groups is 1. The molecular formula is C14H18BrFN6O4S. The van der Waals surface area contributed by atoms with E-state index in [4.69, 9.17) is 0 Å². The molecular weight excluding hydrogens is 447 g/mol. The standard InChI is InChI=1S/C14H18BrFN6O4S/c1-22(2)27(24,25)7-3-6-17-13-12(20-26-21-13)14(19-23)18-9-4-5-11(16)10(15)8-9/h4-5,8,23H,3,6-7H2,1-2H3,(H,17,21)(H,18,19). The van der Waals surface area contributed by atoms with Crippen molar-refractivity contribution in [3.63, 3.8) is 0 Å². The number of nitrogens with one attached hydrogen (secondary N) is 2. The first kappa shape index (κ1) is 21.2. The summed E-state index contributed by atoms with van der Waals surface area (Å²) in [5.41, 5.74) is 2.31. The topological polar surface area (TPSA) is 133 Å². The van der Waals surface area contributed by atoms with E-state index in [9.17, 15) is 18.0 Å². The molecule has 0 aliphatic carbocycles. The van der Waals surface area contributed by atoms with Gasteiger partial charge in [-0.25, -0.2) is 26.7 Å². The van der Waals surface area contributed by atoms with Crippen molar-refractivity contribution < 1.29 is 22.6 Å². The van der Waals surface area contributed by atoms with E-state index < -0.39 is 15.8 Å². The smallest absolute Gasteiger partial charge is 0.213 e. The molecule has 2 rings (SSSR count). The van der Waals surface area contributed by atoms with Gasteiger partial charge >= 0.3 is 0 Å². The Balaban J connectivity index is 2.09. The van der Waals surface area contributed by atoms with Crippen molar-refractivity contribution in [2.75, 3.05) is 31.7 Å². The number of halogens is 2. The minimum absolute atomic E-state index is 0.0452. The third-order valence-corrected chi connectivity index (χ3v) is 5.92. The van der Waals surface area contributed by atoms with Crippen LogP contribution in [0.4, 0.5) is 15.9 Å². The summed E-state index contributed by atoms with van der Waals surface area (Å²) >= 11 is 3.05. The summed E-state index contributed by atoms with van der Waals surface area (Å²) in [5.74, 6) is -0.418. The quantitative estimate of drug-likeness (QED) is 0.232. The molecule has 0 spiro atoms. The number of anilines is 1. The molecule has 0 saturated heterocycles. The number of hydrogen-bond acceptors (Lipinski definition) is 8. The largest absolute Gasteiger partial charge is 0.365 e. The van der Waals surface area contributed by atoms with Gasteiger partial charge in [-0.1, -0.05) is 0 Å². The molecule has 0 unspecified atom stereocenters. The SMILES string of the molecule is CN(C)S(=O)(=O)CCCNc1nonc1C(=Nc1ccc(F)c(Br)c1)NO. The number of nitrogens with zero attached hydrogens (tertiary/aromatic N) is 4. The minimum Gasteiger partial charge on any atom is -0.365 e. The van der Waals surface area contributed by atoms with Gasteiger partial charge in [0.1, 0.15) is 5.82 Å². The third-order valence-electron chi connectivity index (χ3n) is 3.39. The second-order valence-corrected chi connectivity index (χ2v) is 8.67. The molecule has 13 heteroatoms. The van der Waals surface area contributed by atoms with E-state index >= 15 is 0 Å². The average molecular weight is 465 g/mol. The molecule has 3 N–H and O–H groups in total. The van der Waals surface area contributed by atoms with Gasteiger partial charge in [0.05, 0.1) is 15.9 Å². The van der Waals surface area contributed by atoms with Crippen LogP contribution in [-0.2, 0) is 10.0 Å². The number of rotatable bonds is 8. The predicted octanol–water partition coefficient (Wildman–Crippen LogP) is 1.72. The molecule has 2 aromatic rings. The van der Waals surface area contributed by atoms with Gasteiger partial charge in [-0.2, -0.15) is 0 Å². The molecule has 0 bridgehead atoms. The summed E-state index contributed by atoms with van der Waals surface area (Å²) in [5, 5.41) is 19.6. The monoisotopic (exact) mass is 464 g/mol. The van der Waals surface area contributed by atoms with Crippen molar-refractivity contribution in [1.82, 2.24) is 20.1 Å². The lowest BCUT2D eigenvalue weighted by Gasteiger charge is -2.11.